The Morgan fingerprint density at radius 1 is 1.28 bits per heavy atom. The first-order valence-corrected chi connectivity index (χ1v) is 10.0. The molecule has 2 aromatic carbocycles. The molecule has 4 aromatic rings. The fourth-order valence-electron chi connectivity index (χ4n) is 2.59. The summed E-state index contributed by atoms with van der Waals surface area (Å²) in [7, 11) is 0. The normalized spacial score (nSPS) is 12.1. The number of anilines is 1. The molecule has 0 aliphatic heterocycles. The molecule has 1 atom stereocenters. The van der Waals surface area contributed by atoms with E-state index >= 15 is 0 Å². The minimum Gasteiger partial charge on any atom is -0.479 e. The van der Waals surface area contributed by atoms with Gasteiger partial charge in [0.2, 0.25) is 0 Å². The van der Waals surface area contributed by atoms with Gasteiger partial charge in [-0.15, -0.1) is 11.3 Å². The fraction of sp³-hybridized carbons (Fsp3) is 0.105. The number of hydrogen-bond donors (Lipinski definition) is 2. The zero-order valence-electron chi connectivity index (χ0n) is 14.9. The highest BCUT2D eigenvalue weighted by Crippen LogP contribution is 2.29. The van der Waals surface area contributed by atoms with Gasteiger partial charge in [0.25, 0.3) is 5.91 Å². The predicted octanol–water partition coefficient (Wildman–Crippen LogP) is 4.96. The molecule has 0 bridgehead atoms. The van der Waals surface area contributed by atoms with Crippen LogP contribution in [0.3, 0.4) is 0 Å². The van der Waals surface area contributed by atoms with Crippen LogP contribution in [0.5, 0.6) is 5.75 Å². The third-order valence-corrected chi connectivity index (χ3v) is 5.31. The lowest BCUT2D eigenvalue weighted by atomic mass is 10.1. The first-order chi connectivity index (χ1) is 13.9. The van der Waals surface area contributed by atoms with Crippen LogP contribution in [0.4, 0.5) is 5.13 Å². The molecule has 0 aliphatic carbocycles. The van der Waals surface area contributed by atoms with Gasteiger partial charge in [0.15, 0.2) is 16.8 Å². The van der Waals surface area contributed by atoms with Gasteiger partial charge in [0.05, 0.1) is 16.2 Å². The van der Waals surface area contributed by atoms with Crippen LogP contribution in [0, 0.1) is 0 Å². The number of nitrogens with one attached hydrogen (secondary N) is 2. The summed E-state index contributed by atoms with van der Waals surface area (Å²) in [6.07, 6.45) is -0.800. The number of aromatic nitrogens is 2. The summed E-state index contributed by atoms with van der Waals surface area (Å²) < 4.78 is 10.7. The second kappa shape index (κ2) is 7.90. The van der Waals surface area contributed by atoms with E-state index in [0.29, 0.717) is 37.7 Å². The summed E-state index contributed by atoms with van der Waals surface area (Å²) in [5.74, 6) is -0.526. The number of halogens is 2. The van der Waals surface area contributed by atoms with Gasteiger partial charge in [-0.05, 0) is 37.3 Å². The highest BCUT2D eigenvalue weighted by Gasteiger charge is 2.18. The average Bonchev–Trinajstić information content (AvgIpc) is 3.28. The molecule has 7 nitrogen and oxygen atoms in total. The van der Waals surface area contributed by atoms with Gasteiger partial charge in [-0.3, -0.25) is 15.1 Å². The number of benzene rings is 2. The molecule has 0 radical (unpaired) electrons. The van der Waals surface area contributed by atoms with Crippen molar-refractivity contribution in [2.75, 3.05) is 5.32 Å². The Labute approximate surface area is 178 Å². The number of fused-ring (bicyclic) bond motifs is 1. The number of hydrogen-bond acceptors (Lipinski definition) is 6. The lowest BCUT2D eigenvalue weighted by Gasteiger charge is -2.14. The minimum absolute atomic E-state index is 0.320. The molecule has 0 fully saturated rings. The molecule has 2 aromatic heterocycles. The smallest absolute Gasteiger partial charge is 0.417 e. The van der Waals surface area contributed by atoms with Crippen LogP contribution in [0.15, 0.2) is 51.0 Å². The van der Waals surface area contributed by atoms with Crippen LogP contribution in [0.25, 0.3) is 22.4 Å². The maximum absolute atomic E-state index is 12.4. The van der Waals surface area contributed by atoms with E-state index in [0.717, 1.165) is 5.56 Å². The maximum atomic E-state index is 12.4. The fourth-order valence-corrected chi connectivity index (χ4v) is 3.77. The van der Waals surface area contributed by atoms with Gasteiger partial charge in [0, 0.05) is 16.0 Å². The molecule has 29 heavy (non-hydrogen) atoms. The number of aromatic amines is 1. The van der Waals surface area contributed by atoms with Crippen molar-refractivity contribution >= 4 is 56.7 Å². The van der Waals surface area contributed by atoms with Crippen molar-refractivity contribution in [2.45, 2.75) is 13.0 Å². The largest absolute Gasteiger partial charge is 0.479 e. The third-order valence-electron chi connectivity index (χ3n) is 4.02. The number of carbonyl (C=O) groups is 1. The minimum atomic E-state index is -0.800. The molecule has 0 aliphatic rings. The molecule has 2 N–H and O–H groups in total. The van der Waals surface area contributed by atoms with Crippen LogP contribution in [0.2, 0.25) is 10.0 Å². The third kappa shape index (κ3) is 4.29. The molecule has 148 valence electrons. The van der Waals surface area contributed by atoms with Gasteiger partial charge >= 0.3 is 5.76 Å². The number of ether oxygens (including phenoxy) is 1. The van der Waals surface area contributed by atoms with Crippen molar-refractivity contribution < 1.29 is 13.9 Å². The summed E-state index contributed by atoms with van der Waals surface area (Å²) in [4.78, 5) is 30.7. The first-order valence-electron chi connectivity index (χ1n) is 8.40. The van der Waals surface area contributed by atoms with Crippen LogP contribution in [0.1, 0.15) is 6.92 Å². The lowest BCUT2D eigenvalue weighted by Crippen LogP contribution is -2.30. The summed E-state index contributed by atoms with van der Waals surface area (Å²) in [5, 5.41) is 5.73. The van der Waals surface area contributed by atoms with Gasteiger partial charge in [-0.25, -0.2) is 9.78 Å². The van der Waals surface area contributed by atoms with Crippen molar-refractivity contribution in [2.24, 2.45) is 0 Å². The van der Waals surface area contributed by atoms with E-state index in [1.807, 2.05) is 6.07 Å². The zero-order valence-corrected chi connectivity index (χ0v) is 17.2. The quantitative estimate of drug-likeness (QED) is 0.448. The summed E-state index contributed by atoms with van der Waals surface area (Å²) in [6.45, 7) is 1.61. The highest BCUT2D eigenvalue weighted by molar-refractivity contribution is 7.14. The molecule has 0 saturated heterocycles. The first kappa shape index (κ1) is 19.5. The average molecular weight is 450 g/mol. The summed E-state index contributed by atoms with van der Waals surface area (Å²) in [5.41, 5.74) is 2.45. The Bertz CT molecular complexity index is 1260. The number of carbonyl (C=O) groups excluding carboxylic acids is 1. The standard InChI is InChI=1S/C19H13Cl2N3O4S/c1-9(27-15-5-3-11(20)7-12(15)21)17(25)24-18-22-14(8-29-18)10-2-4-13-16(6-10)28-19(26)23-13/h2-9H,1H3,(H,23,26)(H,22,24,25). The highest BCUT2D eigenvalue weighted by atomic mass is 35.5. The number of nitrogens with zero attached hydrogens (tertiary/aromatic N) is 1. The topological polar surface area (TPSA) is 97.2 Å². The van der Waals surface area contributed by atoms with Crippen LogP contribution >= 0.6 is 34.5 Å². The second-order valence-electron chi connectivity index (χ2n) is 6.09. The maximum Gasteiger partial charge on any atom is 0.417 e. The molecule has 1 amide bonds. The summed E-state index contributed by atoms with van der Waals surface area (Å²) >= 11 is 13.2. The van der Waals surface area contributed by atoms with E-state index in [-0.39, 0.29) is 5.91 Å². The van der Waals surface area contributed by atoms with E-state index < -0.39 is 11.9 Å². The van der Waals surface area contributed by atoms with Crippen molar-refractivity contribution in [3.63, 3.8) is 0 Å². The lowest BCUT2D eigenvalue weighted by molar-refractivity contribution is -0.122. The van der Waals surface area contributed by atoms with Gasteiger partial charge < -0.3 is 9.15 Å². The Hall–Kier alpha value is -2.81. The number of H-pyrrole nitrogens is 1. The monoisotopic (exact) mass is 449 g/mol. The molecule has 4 rings (SSSR count). The van der Waals surface area contributed by atoms with Crippen molar-refractivity contribution in [1.82, 2.24) is 9.97 Å². The Balaban J connectivity index is 1.46. The van der Waals surface area contributed by atoms with Crippen molar-refractivity contribution in [1.29, 1.82) is 0 Å². The van der Waals surface area contributed by atoms with Crippen LogP contribution < -0.4 is 15.8 Å². The van der Waals surface area contributed by atoms with E-state index in [4.69, 9.17) is 32.4 Å². The van der Waals surface area contributed by atoms with Gasteiger partial charge in [-0.1, -0.05) is 29.3 Å². The zero-order chi connectivity index (χ0) is 20.5. The van der Waals surface area contributed by atoms with Crippen LogP contribution in [-0.2, 0) is 4.79 Å². The molecule has 2 heterocycles. The van der Waals surface area contributed by atoms with Crippen molar-refractivity contribution in [3.8, 4) is 17.0 Å². The van der Waals surface area contributed by atoms with E-state index in [1.54, 1.807) is 42.6 Å². The molecular formula is C19H13Cl2N3O4S. The molecule has 1 unspecified atom stereocenters. The van der Waals surface area contributed by atoms with Crippen LogP contribution in [-0.4, -0.2) is 22.0 Å². The Morgan fingerprint density at radius 3 is 2.90 bits per heavy atom. The Morgan fingerprint density at radius 2 is 2.10 bits per heavy atom. The van der Waals surface area contributed by atoms with E-state index in [1.165, 1.54) is 11.3 Å². The SMILES string of the molecule is CC(Oc1ccc(Cl)cc1Cl)C(=O)Nc1nc(-c2ccc3[nH]c(=O)oc3c2)cs1. The van der Waals surface area contributed by atoms with E-state index in [9.17, 15) is 9.59 Å². The number of amides is 1. The number of oxazole rings is 1. The number of thiazole rings is 1. The molecule has 0 spiro atoms. The molecule has 0 saturated carbocycles. The van der Waals surface area contributed by atoms with Gasteiger partial charge in [0.1, 0.15) is 5.75 Å². The van der Waals surface area contributed by atoms with Gasteiger partial charge in [-0.2, -0.15) is 0 Å². The molecular weight excluding hydrogens is 437 g/mol. The molecule has 10 heteroatoms. The predicted molar refractivity (Wildman–Crippen MR) is 113 cm³/mol. The Kier molecular flexibility index (Phi) is 5.31. The second-order valence-corrected chi connectivity index (χ2v) is 7.79. The van der Waals surface area contributed by atoms with E-state index in [2.05, 4.69) is 15.3 Å². The number of rotatable bonds is 5. The summed E-state index contributed by atoms with van der Waals surface area (Å²) in [6, 6.07) is 10.0. The van der Waals surface area contributed by atoms with Crippen molar-refractivity contribution in [3.05, 3.63) is 62.4 Å².